The van der Waals surface area contributed by atoms with E-state index in [-0.39, 0.29) is 12.4 Å². The summed E-state index contributed by atoms with van der Waals surface area (Å²) in [6.45, 7) is 4.02. The van der Waals surface area contributed by atoms with Gasteiger partial charge in [0.25, 0.3) is 0 Å². The topological polar surface area (TPSA) is 30.5 Å². The Morgan fingerprint density at radius 1 is 1.09 bits per heavy atom. The summed E-state index contributed by atoms with van der Waals surface area (Å²) >= 11 is 12.5. The van der Waals surface area contributed by atoms with Crippen molar-refractivity contribution < 1.29 is 9.47 Å². The average Bonchev–Trinajstić information content (AvgIpc) is 2.52. The van der Waals surface area contributed by atoms with E-state index < -0.39 is 0 Å². The Morgan fingerprint density at radius 3 is 2.48 bits per heavy atom. The second-order valence-corrected chi connectivity index (χ2v) is 5.58. The van der Waals surface area contributed by atoms with Crippen LogP contribution in [0.1, 0.15) is 18.1 Å². The fraction of sp³-hybridized carbons (Fsp3) is 0.294. The average molecular weight is 377 g/mol. The van der Waals surface area contributed by atoms with E-state index in [0.717, 1.165) is 24.2 Å². The lowest BCUT2D eigenvalue weighted by molar-refractivity contribution is 0.284. The van der Waals surface area contributed by atoms with E-state index in [2.05, 4.69) is 12.2 Å². The molecule has 2 rings (SSSR count). The van der Waals surface area contributed by atoms with Gasteiger partial charge >= 0.3 is 0 Å². The first-order valence-corrected chi connectivity index (χ1v) is 7.84. The van der Waals surface area contributed by atoms with Crippen molar-refractivity contribution in [3.8, 4) is 11.5 Å². The number of hydrogen-bond acceptors (Lipinski definition) is 3. The zero-order valence-corrected chi connectivity index (χ0v) is 15.4. The Labute approximate surface area is 153 Å². The molecule has 23 heavy (non-hydrogen) atoms. The van der Waals surface area contributed by atoms with Crippen molar-refractivity contribution in [2.45, 2.75) is 20.1 Å². The van der Waals surface area contributed by atoms with Crippen molar-refractivity contribution in [1.82, 2.24) is 5.32 Å². The van der Waals surface area contributed by atoms with Gasteiger partial charge in [-0.3, -0.25) is 0 Å². The van der Waals surface area contributed by atoms with Crippen LogP contribution in [-0.2, 0) is 13.2 Å². The molecule has 0 aliphatic carbocycles. The molecule has 126 valence electrons. The van der Waals surface area contributed by atoms with Crippen LogP contribution in [0.15, 0.2) is 36.4 Å². The molecule has 6 heteroatoms. The fourth-order valence-corrected chi connectivity index (χ4v) is 2.53. The van der Waals surface area contributed by atoms with Gasteiger partial charge in [-0.1, -0.05) is 48.3 Å². The van der Waals surface area contributed by atoms with Gasteiger partial charge in [0.1, 0.15) is 6.61 Å². The summed E-state index contributed by atoms with van der Waals surface area (Å²) in [5, 5.41) is 4.45. The van der Waals surface area contributed by atoms with Crippen molar-refractivity contribution in [3.05, 3.63) is 57.6 Å². The Hall–Kier alpha value is -1.13. The molecular formula is C17H20Cl3NO2. The van der Waals surface area contributed by atoms with Crippen LogP contribution < -0.4 is 14.8 Å². The van der Waals surface area contributed by atoms with E-state index in [9.17, 15) is 0 Å². The van der Waals surface area contributed by atoms with Gasteiger partial charge in [0, 0.05) is 17.1 Å². The van der Waals surface area contributed by atoms with Crippen molar-refractivity contribution in [1.29, 1.82) is 0 Å². The van der Waals surface area contributed by atoms with Crippen molar-refractivity contribution in [2.24, 2.45) is 0 Å². The van der Waals surface area contributed by atoms with Crippen LogP contribution in [0, 0.1) is 0 Å². The van der Waals surface area contributed by atoms with Crippen LogP contribution in [0.3, 0.4) is 0 Å². The van der Waals surface area contributed by atoms with Crippen molar-refractivity contribution in [2.75, 3.05) is 13.7 Å². The highest BCUT2D eigenvalue weighted by atomic mass is 35.5. The maximum Gasteiger partial charge on any atom is 0.180 e. The number of methoxy groups -OCH3 is 1. The standard InChI is InChI=1S/C17H19Cl2NO2.ClH/c1-3-20-10-12-8-15(19)17(16(9-12)21-2)22-11-13-6-4-5-7-14(13)18;/h4-9,20H,3,10-11H2,1-2H3;1H. The second kappa shape index (κ2) is 9.89. The molecule has 0 radical (unpaired) electrons. The first kappa shape index (κ1) is 19.9. The predicted octanol–water partition coefficient (Wildman–Crippen LogP) is 5.11. The summed E-state index contributed by atoms with van der Waals surface area (Å²) in [6.07, 6.45) is 0. The summed E-state index contributed by atoms with van der Waals surface area (Å²) in [5.74, 6) is 1.15. The number of halogens is 3. The predicted molar refractivity (Wildman–Crippen MR) is 98.4 cm³/mol. The van der Waals surface area contributed by atoms with E-state index in [0.29, 0.717) is 28.2 Å². The third-order valence-electron chi connectivity index (χ3n) is 3.20. The highest BCUT2D eigenvalue weighted by Gasteiger charge is 2.13. The van der Waals surface area contributed by atoms with Crippen LogP contribution in [0.2, 0.25) is 10.0 Å². The molecular weight excluding hydrogens is 357 g/mol. The SMILES string of the molecule is CCNCc1cc(Cl)c(OCc2ccccc2Cl)c(OC)c1.Cl. The Kier molecular flexibility index (Phi) is 8.56. The molecule has 0 amide bonds. The summed E-state index contributed by atoms with van der Waals surface area (Å²) in [6, 6.07) is 11.4. The fourth-order valence-electron chi connectivity index (χ4n) is 2.05. The van der Waals surface area contributed by atoms with Gasteiger partial charge in [0.2, 0.25) is 0 Å². The van der Waals surface area contributed by atoms with E-state index in [1.165, 1.54) is 0 Å². The number of benzene rings is 2. The van der Waals surface area contributed by atoms with Gasteiger partial charge in [0.15, 0.2) is 11.5 Å². The van der Waals surface area contributed by atoms with Gasteiger partial charge < -0.3 is 14.8 Å². The molecule has 0 atom stereocenters. The zero-order valence-electron chi connectivity index (χ0n) is 13.1. The third kappa shape index (κ3) is 5.47. The molecule has 0 aromatic heterocycles. The van der Waals surface area contributed by atoms with E-state index in [1.807, 2.05) is 36.4 Å². The first-order valence-electron chi connectivity index (χ1n) is 7.09. The van der Waals surface area contributed by atoms with Crippen molar-refractivity contribution in [3.63, 3.8) is 0 Å². The molecule has 0 heterocycles. The van der Waals surface area contributed by atoms with E-state index in [4.69, 9.17) is 32.7 Å². The monoisotopic (exact) mass is 375 g/mol. The van der Waals surface area contributed by atoms with Gasteiger partial charge in [-0.2, -0.15) is 0 Å². The van der Waals surface area contributed by atoms with Crippen LogP contribution in [0.4, 0.5) is 0 Å². The molecule has 0 saturated carbocycles. The Morgan fingerprint density at radius 2 is 1.83 bits per heavy atom. The second-order valence-electron chi connectivity index (χ2n) is 4.77. The normalized spacial score (nSPS) is 10.1. The van der Waals surface area contributed by atoms with Crippen LogP contribution in [0.25, 0.3) is 0 Å². The molecule has 3 nitrogen and oxygen atoms in total. The van der Waals surface area contributed by atoms with Gasteiger partial charge in [-0.15, -0.1) is 12.4 Å². The molecule has 0 spiro atoms. The molecule has 0 aliphatic heterocycles. The maximum atomic E-state index is 6.33. The molecule has 0 fully saturated rings. The molecule has 2 aromatic rings. The molecule has 0 unspecified atom stereocenters. The lowest BCUT2D eigenvalue weighted by atomic mass is 10.2. The lowest BCUT2D eigenvalue weighted by Gasteiger charge is -2.15. The van der Waals surface area contributed by atoms with Gasteiger partial charge in [0.05, 0.1) is 12.1 Å². The first-order chi connectivity index (χ1) is 10.7. The van der Waals surface area contributed by atoms with E-state index in [1.54, 1.807) is 7.11 Å². The minimum atomic E-state index is 0. The molecule has 0 saturated heterocycles. The minimum absolute atomic E-state index is 0. The highest BCUT2D eigenvalue weighted by molar-refractivity contribution is 6.32. The highest BCUT2D eigenvalue weighted by Crippen LogP contribution is 2.37. The lowest BCUT2D eigenvalue weighted by Crippen LogP contribution is -2.12. The maximum absolute atomic E-state index is 6.33. The van der Waals surface area contributed by atoms with Crippen molar-refractivity contribution >= 4 is 35.6 Å². The summed E-state index contributed by atoms with van der Waals surface area (Å²) in [7, 11) is 1.60. The molecule has 0 aliphatic rings. The van der Waals surface area contributed by atoms with Crippen LogP contribution >= 0.6 is 35.6 Å². The van der Waals surface area contributed by atoms with E-state index >= 15 is 0 Å². The number of ether oxygens (including phenoxy) is 2. The smallest absolute Gasteiger partial charge is 0.180 e. The summed E-state index contributed by atoms with van der Waals surface area (Å²) in [4.78, 5) is 0. The van der Waals surface area contributed by atoms with Gasteiger partial charge in [-0.05, 0) is 30.3 Å². The summed E-state index contributed by atoms with van der Waals surface area (Å²) in [5.41, 5.74) is 1.95. The number of nitrogens with one attached hydrogen (secondary N) is 1. The Bertz CT molecular complexity index is 635. The quantitative estimate of drug-likeness (QED) is 0.728. The molecule has 1 N–H and O–H groups in total. The zero-order chi connectivity index (χ0) is 15.9. The number of hydrogen-bond donors (Lipinski definition) is 1. The molecule has 0 bridgehead atoms. The van der Waals surface area contributed by atoms with Crippen LogP contribution in [-0.4, -0.2) is 13.7 Å². The third-order valence-corrected chi connectivity index (χ3v) is 3.85. The minimum Gasteiger partial charge on any atom is -0.493 e. The van der Waals surface area contributed by atoms with Crippen LogP contribution in [0.5, 0.6) is 11.5 Å². The van der Waals surface area contributed by atoms with Gasteiger partial charge in [-0.25, -0.2) is 0 Å². The summed E-state index contributed by atoms with van der Waals surface area (Å²) < 4.78 is 11.2. The number of rotatable bonds is 7. The molecule has 2 aromatic carbocycles. The largest absolute Gasteiger partial charge is 0.493 e. The Balaban J connectivity index is 0.00000264.